The highest BCUT2D eigenvalue weighted by Crippen LogP contribution is 2.28. The largest absolute Gasteiger partial charge is 0.398 e. The molecule has 110 valence electrons. The molecular formula is C14H20BrN3O2. The second kappa shape index (κ2) is 6.45. The Kier molecular flexibility index (Phi) is 4.88. The highest BCUT2D eigenvalue weighted by Gasteiger charge is 2.22. The van der Waals surface area contributed by atoms with Crippen LogP contribution in [0, 0.1) is 6.92 Å². The van der Waals surface area contributed by atoms with Gasteiger partial charge in [0.25, 0.3) is 0 Å². The molecule has 1 fully saturated rings. The highest BCUT2D eigenvalue weighted by molar-refractivity contribution is 9.10. The molecule has 1 atom stereocenters. The number of ether oxygens (including phenoxy) is 1. The molecular weight excluding hydrogens is 322 g/mol. The smallest absolute Gasteiger partial charge is 0.244 e. The van der Waals surface area contributed by atoms with E-state index in [2.05, 4.69) is 21.2 Å². The number of nitrogen functional groups attached to an aromatic ring is 1. The predicted octanol–water partition coefficient (Wildman–Crippen LogP) is 2.00. The Morgan fingerprint density at radius 2 is 2.10 bits per heavy atom. The second-order valence-corrected chi connectivity index (χ2v) is 5.85. The second-order valence-electron chi connectivity index (χ2n) is 4.99. The topological polar surface area (TPSA) is 67.6 Å². The van der Waals surface area contributed by atoms with Gasteiger partial charge >= 0.3 is 0 Å². The number of benzene rings is 1. The fraction of sp³-hybridized carbons (Fsp3) is 0.500. The Morgan fingerprint density at radius 1 is 1.45 bits per heavy atom. The predicted molar refractivity (Wildman–Crippen MR) is 83.8 cm³/mol. The number of hydrogen-bond donors (Lipinski definition) is 2. The van der Waals surface area contributed by atoms with E-state index in [9.17, 15) is 4.79 Å². The van der Waals surface area contributed by atoms with Crippen LogP contribution < -0.4 is 11.1 Å². The number of rotatable bonds is 3. The lowest BCUT2D eigenvalue weighted by Crippen LogP contribution is -2.47. The summed E-state index contributed by atoms with van der Waals surface area (Å²) in [5, 5.41) is 3.24. The molecule has 0 aromatic heterocycles. The van der Waals surface area contributed by atoms with Crippen LogP contribution in [0.3, 0.4) is 0 Å². The number of morpholine rings is 1. The van der Waals surface area contributed by atoms with Gasteiger partial charge in [0.1, 0.15) is 6.04 Å². The van der Waals surface area contributed by atoms with E-state index >= 15 is 0 Å². The lowest BCUT2D eigenvalue weighted by molar-refractivity contribution is -0.135. The van der Waals surface area contributed by atoms with Gasteiger partial charge in [-0.15, -0.1) is 0 Å². The molecule has 1 heterocycles. The van der Waals surface area contributed by atoms with E-state index in [4.69, 9.17) is 10.5 Å². The van der Waals surface area contributed by atoms with Gasteiger partial charge < -0.3 is 20.7 Å². The summed E-state index contributed by atoms with van der Waals surface area (Å²) in [4.78, 5) is 14.2. The van der Waals surface area contributed by atoms with Crippen molar-refractivity contribution < 1.29 is 9.53 Å². The maximum atomic E-state index is 12.3. The number of anilines is 2. The summed E-state index contributed by atoms with van der Waals surface area (Å²) in [5.74, 6) is 0.0923. The van der Waals surface area contributed by atoms with Gasteiger partial charge in [-0.05, 0) is 47.5 Å². The molecule has 0 aliphatic carbocycles. The molecule has 6 heteroatoms. The van der Waals surface area contributed by atoms with E-state index in [1.165, 1.54) is 0 Å². The number of nitrogens with one attached hydrogen (secondary N) is 1. The number of carbonyl (C=O) groups excluding carboxylic acids is 1. The fourth-order valence-electron chi connectivity index (χ4n) is 2.16. The van der Waals surface area contributed by atoms with Crippen LogP contribution in [0.25, 0.3) is 0 Å². The molecule has 1 aliphatic rings. The minimum absolute atomic E-state index is 0.0923. The average molecular weight is 342 g/mol. The van der Waals surface area contributed by atoms with Crippen LogP contribution in [0.1, 0.15) is 12.5 Å². The third kappa shape index (κ3) is 3.43. The standard InChI is InChI=1S/C14H20BrN3O2/c1-9-7-13(11(15)8-12(9)16)17-10(2)14(19)18-3-5-20-6-4-18/h7-8,10,17H,3-6,16H2,1-2H3. The molecule has 1 aromatic rings. The quantitative estimate of drug-likeness (QED) is 0.825. The monoisotopic (exact) mass is 341 g/mol. The first kappa shape index (κ1) is 15.1. The number of halogens is 1. The summed E-state index contributed by atoms with van der Waals surface area (Å²) in [6.07, 6.45) is 0. The maximum Gasteiger partial charge on any atom is 0.244 e. The van der Waals surface area contributed by atoms with Gasteiger partial charge in [-0.25, -0.2) is 0 Å². The van der Waals surface area contributed by atoms with E-state index in [1.807, 2.05) is 30.9 Å². The van der Waals surface area contributed by atoms with E-state index in [1.54, 1.807) is 0 Å². The Balaban J connectivity index is 2.05. The van der Waals surface area contributed by atoms with Crippen LogP contribution in [-0.4, -0.2) is 43.2 Å². The molecule has 0 saturated carbocycles. The molecule has 1 unspecified atom stereocenters. The number of amides is 1. The summed E-state index contributed by atoms with van der Waals surface area (Å²) in [7, 11) is 0. The molecule has 0 spiro atoms. The minimum Gasteiger partial charge on any atom is -0.398 e. The van der Waals surface area contributed by atoms with Gasteiger partial charge in [-0.1, -0.05) is 0 Å². The van der Waals surface area contributed by atoms with Crippen LogP contribution in [0.15, 0.2) is 16.6 Å². The van der Waals surface area contributed by atoms with Gasteiger partial charge in [0, 0.05) is 28.9 Å². The number of aryl methyl sites for hydroxylation is 1. The van der Waals surface area contributed by atoms with Gasteiger partial charge in [0.05, 0.1) is 13.2 Å². The lowest BCUT2D eigenvalue weighted by atomic mass is 10.1. The van der Waals surface area contributed by atoms with Gasteiger partial charge in [-0.2, -0.15) is 0 Å². The zero-order valence-corrected chi connectivity index (χ0v) is 13.4. The molecule has 5 nitrogen and oxygen atoms in total. The summed E-state index contributed by atoms with van der Waals surface area (Å²) in [6.45, 7) is 6.36. The number of nitrogens with two attached hydrogens (primary N) is 1. The van der Waals surface area contributed by atoms with Crippen molar-refractivity contribution in [3.05, 3.63) is 22.2 Å². The van der Waals surface area contributed by atoms with Crippen molar-refractivity contribution in [3.8, 4) is 0 Å². The van der Waals surface area contributed by atoms with E-state index in [0.29, 0.717) is 26.3 Å². The van der Waals surface area contributed by atoms with Gasteiger partial charge in [-0.3, -0.25) is 4.79 Å². The molecule has 0 radical (unpaired) electrons. The van der Waals surface area contributed by atoms with Crippen molar-refractivity contribution in [1.82, 2.24) is 4.90 Å². The molecule has 0 bridgehead atoms. The van der Waals surface area contributed by atoms with Crippen molar-refractivity contribution in [3.63, 3.8) is 0 Å². The van der Waals surface area contributed by atoms with Crippen LogP contribution >= 0.6 is 15.9 Å². The molecule has 20 heavy (non-hydrogen) atoms. The first-order valence-corrected chi connectivity index (χ1v) is 7.47. The SMILES string of the molecule is Cc1cc(NC(C)C(=O)N2CCOCC2)c(Br)cc1N. The number of carbonyl (C=O) groups is 1. The molecule has 1 aliphatic heterocycles. The van der Waals surface area contributed by atoms with Crippen LogP contribution in [0.5, 0.6) is 0 Å². The first-order chi connectivity index (χ1) is 9.49. The molecule has 1 saturated heterocycles. The molecule has 2 rings (SSSR count). The Bertz CT molecular complexity index is 501. The maximum absolute atomic E-state index is 12.3. The minimum atomic E-state index is -0.285. The van der Waals surface area contributed by atoms with Crippen molar-refractivity contribution in [2.24, 2.45) is 0 Å². The van der Waals surface area contributed by atoms with E-state index in [-0.39, 0.29) is 11.9 Å². The van der Waals surface area contributed by atoms with Crippen molar-refractivity contribution in [2.75, 3.05) is 37.4 Å². The van der Waals surface area contributed by atoms with Crippen LogP contribution in [-0.2, 0) is 9.53 Å². The van der Waals surface area contributed by atoms with Crippen molar-refractivity contribution in [2.45, 2.75) is 19.9 Å². The molecule has 3 N–H and O–H groups in total. The summed E-state index contributed by atoms with van der Waals surface area (Å²) < 4.78 is 6.12. The zero-order chi connectivity index (χ0) is 14.7. The Labute approximate surface area is 127 Å². The highest BCUT2D eigenvalue weighted by atomic mass is 79.9. The first-order valence-electron chi connectivity index (χ1n) is 6.67. The average Bonchev–Trinajstić information content (AvgIpc) is 2.44. The summed E-state index contributed by atoms with van der Waals surface area (Å²) in [5.41, 5.74) is 8.45. The zero-order valence-electron chi connectivity index (χ0n) is 11.8. The summed E-state index contributed by atoms with van der Waals surface area (Å²) in [6, 6.07) is 3.51. The third-order valence-electron chi connectivity index (χ3n) is 3.42. The molecule has 1 amide bonds. The van der Waals surface area contributed by atoms with Crippen molar-refractivity contribution in [1.29, 1.82) is 0 Å². The van der Waals surface area contributed by atoms with Crippen LogP contribution in [0.2, 0.25) is 0 Å². The number of hydrogen-bond acceptors (Lipinski definition) is 4. The normalized spacial score (nSPS) is 16.9. The third-order valence-corrected chi connectivity index (χ3v) is 4.08. The van der Waals surface area contributed by atoms with E-state index in [0.717, 1.165) is 21.4 Å². The Hall–Kier alpha value is -1.27. The van der Waals surface area contributed by atoms with Crippen molar-refractivity contribution >= 4 is 33.2 Å². The van der Waals surface area contributed by atoms with Gasteiger partial charge in [0.2, 0.25) is 5.91 Å². The fourth-order valence-corrected chi connectivity index (χ4v) is 2.64. The lowest BCUT2D eigenvalue weighted by Gasteiger charge is -2.30. The molecule has 1 aromatic carbocycles. The van der Waals surface area contributed by atoms with Crippen LogP contribution in [0.4, 0.5) is 11.4 Å². The van der Waals surface area contributed by atoms with Gasteiger partial charge in [0.15, 0.2) is 0 Å². The van der Waals surface area contributed by atoms with E-state index < -0.39 is 0 Å². The summed E-state index contributed by atoms with van der Waals surface area (Å²) >= 11 is 3.47. The Morgan fingerprint density at radius 3 is 2.75 bits per heavy atom. The number of nitrogens with zero attached hydrogens (tertiary/aromatic N) is 1.